The minimum atomic E-state index is 0.349. The number of nitrogens with one attached hydrogen (secondary N) is 1. The first-order valence-electron chi connectivity index (χ1n) is 6.27. The zero-order valence-electron chi connectivity index (χ0n) is 10.4. The Morgan fingerprint density at radius 2 is 2.12 bits per heavy atom. The van der Waals surface area contributed by atoms with E-state index in [1.165, 1.54) is 5.56 Å². The molecule has 1 aliphatic heterocycles. The van der Waals surface area contributed by atoms with Gasteiger partial charge in [0.25, 0.3) is 0 Å². The van der Waals surface area contributed by atoms with Crippen LogP contribution in [0.25, 0.3) is 0 Å². The van der Waals surface area contributed by atoms with Crippen molar-refractivity contribution in [1.29, 1.82) is 0 Å². The second-order valence-corrected chi connectivity index (χ2v) is 5.79. The maximum absolute atomic E-state index is 5.56. The molecule has 1 saturated heterocycles. The van der Waals surface area contributed by atoms with Crippen LogP contribution in [-0.4, -0.2) is 24.8 Å². The fourth-order valence-electron chi connectivity index (χ4n) is 2.35. The first-order chi connectivity index (χ1) is 8.15. The summed E-state index contributed by atoms with van der Waals surface area (Å²) < 4.78 is 6.70. The highest BCUT2D eigenvalue weighted by molar-refractivity contribution is 9.10. The van der Waals surface area contributed by atoms with Crippen LogP contribution < -0.4 is 5.32 Å². The molecule has 1 aliphatic rings. The van der Waals surface area contributed by atoms with Crippen molar-refractivity contribution >= 4 is 15.9 Å². The number of ether oxygens (including phenoxy) is 1. The summed E-state index contributed by atoms with van der Waals surface area (Å²) in [6.45, 7) is 5.29. The van der Waals surface area contributed by atoms with Crippen LogP contribution in [0.2, 0.25) is 0 Å². The van der Waals surface area contributed by atoms with Crippen LogP contribution in [0.1, 0.15) is 25.8 Å². The zero-order chi connectivity index (χ0) is 12.3. The summed E-state index contributed by atoms with van der Waals surface area (Å²) in [5, 5.41) is 3.65. The second-order valence-electron chi connectivity index (χ2n) is 4.87. The highest BCUT2D eigenvalue weighted by Crippen LogP contribution is 2.15. The maximum atomic E-state index is 5.56. The Morgan fingerprint density at radius 1 is 1.41 bits per heavy atom. The largest absolute Gasteiger partial charge is 0.377 e. The smallest absolute Gasteiger partial charge is 0.0700 e. The van der Waals surface area contributed by atoms with Crippen LogP contribution in [0.5, 0.6) is 0 Å². The third-order valence-electron chi connectivity index (χ3n) is 3.33. The Balaban J connectivity index is 1.84. The average molecular weight is 298 g/mol. The van der Waals surface area contributed by atoms with E-state index in [1.54, 1.807) is 0 Å². The van der Waals surface area contributed by atoms with Crippen molar-refractivity contribution in [3.05, 3.63) is 34.3 Å². The quantitative estimate of drug-likeness (QED) is 0.922. The SMILES string of the molecule is CC(Cc1ccc(Br)cc1)NC1CCOC1C. The van der Waals surface area contributed by atoms with Crippen LogP contribution in [-0.2, 0) is 11.2 Å². The first-order valence-corrected chi connectivity index (χ1v) is 7.06. The van der Waals surface area contributed by atoms with Crippen molar-refractivity contribution in [1.82, 2.24) is 5.32 Å². The van der Waals surface area contributed by atoms with E-state index in [1.807, 2.05) is 0 Å². The lowest BCUT2D eigenvalue weighted by Crippen LogP contribution is -2.41. The van der Waals surface area contributed by atoms with E-state index in [-0.39, 0.29) is 0 Å². The maximum Gasteiger partial charge on any atom is 0.0700 e. The van der Waals surface area contributed by atoms with Crippen molar-refractivity contribution in [2.45, 2.75) is 44.9 Å². The minimum absolute atomic E-state index is 0.349. The fraction of sp³-hybridized carbons (Fsp3) is 0.571. The van der Waals surface area contributed by atoms with Gasteiger partial charge >= 0.3 is 0 Å². The third kappa shape index (κ3) is 3.80. The van der Waals surface area contributed by atoms with Crippen molar-refractivity contribution in [3.8, 4) is 0 Å². The van der Waals surface area contributed by atoms with Gasteiger partial charge in [-0.3, -0.25) is 0 Å². The number of halogens is 1. The van der Waals surface area contributed by atoms with E-state index in [0.29, 0.717) is 18.2 Å². The summed E-state index contributed by atoms with van der Waals surface area (Å²) in [7, 11) is 0. The molecule has 0 aliphatic carbocycles. The topological polar surface area (TPSA) is 21.3 Å². The zero-order valence-corrected chi connectivity index (χ0v) is 12.0. The lowest BCUT2D eigenvalue weighted by molar-refractivity contribution is 0.111. The molecule has 1 heterocycles. The molecule has 0 spiro atoms. The van der Waals surface area contributed by atoms with E-state index in [9.17, 15) is 0 Å². The Bertz CT molecular complexity index is 352. The molecule has 3 unspecified atom stereocenters. The van der Waals surface area contributed by atoms with Crippen LogP contribution in [0.15, 0.2) is 28.7 Å². The summed E-state index contributed by atoms with van der Waals surface area (Å²) in [4.78, 5) is 0. The van der Waals surface area contributed by atoms with Gasteiger partial charge in [0.1, 0.15) is 0 Å². The van der Waals surface area contributed by atoms with Crippen molar-refractivity contribution < 1.29 is 4.74 Å². The van der Waals surface area contributed by atoms with E-state index in [0.717, 1.165) is 23.9 Å². The highest BCUT2D eigenvalue weighted by Gasteiger charge is 2.24. The molecule has 3 heteroatoms. The van der Waals surface area contributed by atoms with Crippen molar-refractivity contribution in [3.63, 3.8) is 0 Å². The lowest BCUT2D eigenvalue weighted by atomic mass is 10.0. The number of hydrogen-bond acceptors (Lipinski definition) is 2. The molecule has 94 valence electrons. The average Bonchev–Trinajstić information content (AvgIpc) is 2.68. The van der Waals surface area contributed by atoms with Gasteiger partial charge in [-0.2, -0.15) is 0 Å². The van der Waals surface area contributed by atoms with Gasteiger partial charge in [-0.05, 0) is 44.4 Å². The molecule has 2 rings (SSSR count). The van der Waals surface area contributed by atoms with Gasteiger partial charge in [0.05, 0.1) is 6.10 Å². The molecule has 17 heavy (non-hydrogen) atoms. The summed E-state index contributed by atoms with van der Waals surface area (Å²) in [5.41, 5.74) is 1.37. The molecule has 1 aromatic rings. The molecule has 0 bridgehead atoms. The Morgan fingerprint density at radius 3 is 2.71 bits per heavy atom. The third-order valence-corrected chi connectivity index (χ3v) is 3.86. The summed E-state index contributed by atoms with van der Waals surface area (Å²) >= 11 is 3.46. The molecule has 0 saturated carbocycles. The Kier molecular flexibility index (Phi) is 4.60. The molecule has 1 aromatic carbocycles. The van der Waals surface area contributed by atoms with E-state index in [2.05, 4.69) is 59.4 Å². The molecular formula is C14H20BrNO. The Hall–Kier alpha value is -0.380. The molecule has 1 fully saturated rings. The minimum Gasteiger partial charge on any atom is -0.377 e. The summed E-state index contributed by atoms with van der Waals surface area (Å²) in [6.07, 6.45) is 2.55. The number of rotatable bonds is 4. The normalized spacial score (nSPS) is 26.1. The van der Waals surface area contributed by atoms with Gasteiger partial charge in [0.2, 0.25) is 0 Å². The number of benzene rings is 1. The molecule has 0 aromatic heterocycles. The lowest BCUT2D eigenvalue weighted by Gasteiger charge is -2.21. The van der Waals surface area contributed by atoms with Gasteiger partial charge in [0.15, 0.2) is 0 Å². The van der Waals surface area contributed by atoms with Crippen molar-refractivity contribution in [2.75, 3.05) is 6.61 Å². The molecule has 2 nitrogen and oxygen atoms in total. The molecule has 1 N–H and O–H groups in total. The number of hydrogen-bond donors (Lipinski definition) is 1. The van der Waals surface area contributed by atoms with Crippen LogP contribution in [0.4, 0.5) is 0 Å². The summed E-state index contributed by atoms with van der Waals surface area (Å²) in [6, 6.07) is 9.56. The van der Waals surface area contributed by atoms with E-state index >= 15 is 0 Å². The van der Waals surface area contributed by atoms with Gasteiger partial charge in [-0.25, -0.2) is 0 Å². The van der Waals surface area contributed by atoms with Gasteiger partial charge in [-0.15, -0.1) is 0 Å². The van der Waals surface area contributed by atoms with Crippen molar-refractivity contribution in [2.24, 2.45) is 0 Å². The van der Waals surface area contributed by atoms with Crippen LogP contribution in [0.3, 0.4) is 0 Å². The van der Waals surface area contributed by atoms with E-state index < -0.39 is 0 Å². The standard InChI is InChI=1S/C14H20BrNO/c1-10(16-14-7-8-17-11(14)2)9-12-3-5-13(15)6-4-12/h3-6,10-11,14,16H,7-9H2,1-2H3. The van der Waals surface area contributed by atoms with Gasteiger partial charge < -0.3 is 10.1 Å². The predicted molar refractivity (Wildman–Crippen MR) is 74.3 cm³/mol. The van der Waals surface area contributed by atoms with Gasteiger partial charge in [0, 0.05) is 23.2 Å². The van der Waals surface area contributed by atoms with Crippen LogP contribution in [0, 0.1) is 0 Å². The van der Waals surface area contributed by atoms with Crippen LogP contribution >= 0.6 is 15.9 Å². The van der Waals surface area contributed by atoms with E-state index in [4.69, 9.17) is 4.74 Å². The molecule has 3 atom stereocenters. The second kappa shape index (κ2) is 5.98. The van der Waals surface area contributed by atoms with Gasteiger partial charge in [-0.1, -0.05) is 28.1 Å². The molecule has 0 amide bonds. The molecular weight excluding hydrogens is 278 g/mol. The highest BCUT2D eigenvalue weighted by atomic mass is 79.9. The molecule has 0 radical (unpaired) electrons. The monoisotopic (exact) mass is 297 g/mol. The summed E-state index contributed by atoms with van der Waals surface area (Å²) in [5.74, 6) is 0. The first kappa shape index (κ1) is 13.1. The fourth-order valence-corrected chi connectivity index (χ4v) is 2.61. The predicted octanol–water partition coefficient (Wildman–Crippen LogP) is 3.15. The Labute approximate surface area is 112 Å².